The molecule has 1 aliphatic heterocycles. The van der Waals surface area contributed by atoms with Crippen molar-refractivity contribution in [3.8, 4) is 0 Å². The van der Waals surface area contributed by atoms with Gasteiger partial charge in [-0.1, -0.05) is 17.7 Å². The number of benzene rings is 2. The van der Waals surface area contributed by atoms with E-state index in [0.717, 1.165) is 29.8 Å². The monoisotopic (exact) mass is 426 g/mol. The largest absolute Gasteiger partial charge is 0.416 e. The average Bonchev–Trinajstić information content (AvgIpc) is 2.67. The fraction of sp³-hybridized carbons (Fsp3) is 0.350. The molecule has 0 aliphatic carbocycles. The highest BCUT2D eigenvalue weighted by Gasteiger charge is 2.31. The third kappa shape index (κ3) is 5.16. The molecule has 1 fully saturated rings. The quantitative estimate of drug-likeness (QED) is 0.813. The molecule has 1 amide bonds. The third-order valence-corrected chi connectivity index (χ3v) is 6.43. The van der Waals surface area contributed by atoms with Gasteiger partial charge in [-0.3, -0.25) is 4.79 Å². The first kappa shape index (κ1) is 21.3. The van der Waals surface area contributed by atoms with Crippen LogP contribution in [0.25, 0.3) is 0 Å². The predicted molar refractivity (Wildman–Crippen MR) is 102 cm³/mol. The Balaban J connectivity index is 1.58. The van der Waals surface area contributed by atoms with Crippen LogP contribution in [-0.4, -0.2) is 38.4 Å². The molecule has 1 N–H and O–H groups in total. The minimum atomic E-state index is -4.45. The van der Waals surface area contributed by atoms with Crippen molar-refractivity contribution in [3.63, 3.8) is 0 Å². The highest BCUT2D eigenvalue weighted by Crippen LogP contribution is 2.29. The number of sulfonamides is 1. The number of nitrogens with zero attached hydrogens (tertiary/aromatic N) is 1. The normalized spacial score (nSPS) is 16.1. The molecular formula is C20H21F3N2O3S. The zero-order chi connectivity index (χ0) is 21.2. The first-order valence-corrected chi connectivity index (χ1v) is 10.6. The minimum Gasteiger partial charge on any atom is -0.339 e. The second-order valence-electron chi connectivity index (χ2n) is 7.08. The van der Waals surface area contributed by atoms with E-state index < -0.39 is 21.8 Å². The summed E-state index contributed by atoms with van der Waals surface area (Å²) in [5.74, 6) is -0.362. The van der Waals surface area contributed by atoms with Crippen LogP contribution in [0.5, 0.6) is 0 Å². The highest BCUT2D eigenvalue weighted by atomic mass is 32.2. The number of amides is 1. The van der Waals surface area contributed by atoms with Crippen molar-refractivity contribution in [1.82, 2.24) is 9.62 Å². The molecule has 0 aromatic heterocycles. The molecule has 0 unspecified atom stereocenters. The Morgan fingerprint density at radius 1 is 1.00 bits per heavy atom. The Morgan fingerprint density at radius 3 is 2.07 bits per heavy atom. The molecule has 0 atom stereocenters. The lowest BCUT2D eigenvalue weighted by Crippen LogP contribution is -2.46. The van der Waals surface area contributed by atoms with E-state index >= 15 is 0 Å². The number of aryl methyl sites for hydroxylation is 1. The van der Waals surface area contributed by atoms with E-state index in [4.69, 9.17) is 0 Å². The molecule has 156 valence electrons. The summed E-state index contributed by atoms with van der Waals surface area (Å²) < 4.78 is 65.6. The highest BCUT2D eigenvalue weighted by molar-refractivity contribution is 7.89. The maximum Gasteiger partial charge on any atom is 0.416 e. The van der Waals surface area contributed by atoms with Gasteiger partial charge in [0.2, 0.25) is 10.0 Å². The fourth-order valence-corrected chi connectivity index (χ4v) is 4.49. The van der Waals surface area contributed by atoms with Gasteiger partial charge in [0.15, 0.2) is 0 Å². The smallest absolute Gasteiger partial charge is 0.339 e. The zero-order valence-corrected chi connectivity index (χ0v) is 16.6. The Hall–Kier alpha value is -2.39. The summed E-state index contributed by atoms with van der Waals surface area (Å²) in [5.41, 5.74) is 0.328. The molecule has 1 aliphatic rings. The second kappa shape index (κ2) is 8.16. The molecule has 3 rings (SSSR count). The van der Waals surface area contributed by atoms with Gasteiger partial charge < -0.3 is 4.90 Å². The van der Waals surface area contributed by atoms with Crippen LogP contribution in [0.2, 0.25) is 0 Å². The van der Waals surface area contributed by atoms with Gasteiger partial charge in [0.05, 0.1) is 10.5 Å². The van der Waals surface area contributed by atoms with Gasteiger partial charge in [0, 0.05) is 24.7 Å². The maximum absolute atomic E-state index is 12.6. The summed E-state index contributed by atoms with van der Waals surface area (Å²) in [4.78, 5) is 14.2. The van der Waals surface area contributed by atoms with Crippen molar-refractivity contribution in [2.45, 2.75) is 36.9 Å². The van der Waals surface area contributed by atoms with E-state index in [1.807, 2.05) is 6.92 Å². The van der Waals surface area contributed by atoms with E-state index in [0.29, 0.717) is 25.9 Å². The lowest BCUT2D eigenvalue weighted by Gasteiger charge is -2.32. The molecule has 5 nitrogen and oxygen atoms in total. The molecule has 29 heavy (non-hydrogen) atoms. The lowest BCUT2D eigenvalue weighted by molar-refractivity contribution is -0.137. The van der Waals surface area contributed by atoms with Crippen molar-refractivity contribution in [3.05, 3.63) is 65.2 Å². The molecule has 0 bridgehead atoms. The van der Waals surface area contributed by atoms with Crippen molar-refractivity contribution in [1.29, 1.82) is 0 Å². The van der Waals surface area contributed by atoms with Crippen LogP contribution >= 0.6 is 0 Å². The summed E-state index contributed by atoms with van der Waals surface area (Å²) >= 11 is 0. The standard InChI is InChI=1S/C20H21F3N2O3S/c1-14-2-8-18(9-3-14)29(27,28)24-17-10-12-25(13-11-17)19(26)15-4-6-16(7-5-15)20(21,22)23/h2-9,17,24H,10-13H2,1H3. The van der Waals surface area contributed by atoms with Gasteiger partial charge in [-0.15, -0.1) is 0 Å². The SMILES string of the molecule is Cc1ccc(S(=O)(=O)NC2CCN(C(=O)c3ccc(C(F)(F)F)cc3)CC2)cc1. The topological polar surface area (TPSA) is 66.5 Å². The number of carbonyl (C=O) groups excluding carboxylic acids is 1. The molecule has 2 aromatic carbocycles. The van der Waals surface area contributed by atoms with Gasteiger partial charge in [0.25, 0.3) is 5.91 Å². The molecular weight excluding hydrogens is 405 g/mol. The number of hydrogen-bond donors (Lipinski definition) is 1. The van der Waals surface area contributed by atoms with Gasteiger partial charge in [0.1, 0.15) is 0 Å². The van der Waals surface area contributed by atoms with E-state index in [1.54, 1.807) is 24.3 Å². The zero-order valence-electron chi connectivity index (χ0n) is 15.7. The van der Waals surface area contributed by atoms with Crippen LogP contribution < -0.4 is 4.72 Å². The Morgan fingerprint density at radius 2 is 1.55 bits per heavy atom. The van der Waals surface area contributed by atoms with Crippen LogP contribution in [0, 0.1) is 6.92 Å². The van der Waals surface area contributed by atoms with Gasteiger partial charge in [-0.05, 0) is 56.2 Å². The number of rotatable bonds is 4. The molecule has 0 radical (unpaired) electrons. The fourth-order valence-electron chi connectivity index (χ4n) is 3.19. The number of alkyl halides is 3. The first-order valence-electron chi connectivity index (χ1n) is 9.12. The van der Waals surface area contributed by atoms with Gasteiger partial charge >= 0.3 is 6.18 Å². The number of likely N-dealkylation sites (tertiary alicyclic amines) is 1. The van der Waals surface area contributed by atoms with Crippen molar-refractivity contribution in [2.24, 2.45) is 0 Å². The number of carbonyl (C=O) groups is 1. The predicted octanol–water partition coefficient (Wildman–Crippen LogP) is 3.60. The summed E-state index contributed by atoms with van der Waals surface area (Å²) in [6, 6.07) is 10.3. The summed E-state index contributed by atoms with van der Waals surface area (Å²) in [6.07, 6.45) is -3.59. The summed E-state index contributed by atoms with van der Waals surface area (Å²) in [6.45, 7) is 2.51. The average molecular weight is 426 g/mol. The van der Waals surface area contributed by atoms with Gasteiger partial charge in [-0.2, -0.15) is 13.2 Å². The lowest BCUT2D eigenvalue weighted by atomic mass is 10.0. The van der Waals surface area contributed by atoms with E-state index in [1.165, 1.54) is 4.90 Å². The molecule has 0 saturated carbocycles. The Kier molecular flexibility index (Phi) is 6.00. The molecule has 9 heteroatoms. The van der Waals surface area contributed by atoms with Crippen LogP contribution in [0.3, 0.4) is 0 Å². The number of piperidine rings is 1. The number of hydrogen-bond acceptors (Lipinski definition) is 3. The minimum absolute atomic E-state index is 0.177. The van der Waals surface area contributed by atoms with Crippen molar-refractivity contribution in [2.75, 3.05) is 13.1 Å². The summed E-state index contributed by atoms with van der Waals surface area (Å²) in [7, 11) is -3.65. The Labute approximate surface area is 167 Å². The number of nitrogens with one attached hydrogen (secondary N) is 1. The number of halogens is 3. The molecule has 0 spiro atoms. The van der Waals surface area contributed by atoms with E-state index in [-0.39, 0.29) is 22.4 Å². The molecule has 2 aromatic rings. The third-order valence-electron chi connectivity index (χ3n) is 4.89. The van der Waals surface area contributed by atoms with Gasteiger partial charge in [-0.25, -0.2) is 13.1 Å². The molecule has 1 heterocycles. The van der Waals surface area contributed by atoms with E-state index in [9.17, 15) is 26.4 Å². The Bertz CT molecular complexity index is 964. The first-order chi connectivity index (χ1) is 13.6. The van der Waals surface area contributed by atoms with Crippen LogP contribution in [0.15, 0.2) is 53.4 Å². The van der Waals surface area contributed by atoms with Crippen LogP contribution in [-0.2, 0) is 16.2 Å². The van der Waals surface area contributed by atoms with Crippen LogP contribution in [0.4, 0.5) is 13.2 Å². The second-order valence-corrected chi connectivity index (χ2v) is 8.79. The van der Waals surface area contributed by atoms with Crippen molar-refractivity contribution < 1.29 is 26.4 Å². The van der Waals surface area contributed by atoms with Crippen LogP contribution in [0.1, 0.15) is 34.3 Å². The summed E-state index contributed by atoms with van der Waals surface area (Å²) in [5, 5.41) is 0. The van der Waals surface area contributed by atoms with Crippen molar-refractivity contribution >= 4 is 15.9 Å². The molecule has 1 saturated heterocycles. The van der Waals surface area contributed by atoms with E-state index in [2.05, 4.69) is 4.72 Å². The maximum atomic E-state index is 12.6.